The summed E-state index contributed by atoms with van der Waals surface area (Å²) in [6, 6.07) is 6.87. The van der Waals surface area contributed by atoms with Gasteiger partial charge < -0.3 is 0 Å². The number of hydrogen-bond acceptors (Lipinski definition) is 1. The minimum atomic E-state index is -4.31. The van der Waals surface area contributed by atoms with E-state index in [0.29, 0.717) is 15.1 Å². The summed E-state index contributed by atoms with van der Waals surface area (Å²) >= 11 is 16.7. The van der Waals surface area contributed by atoms with Gasteiger partial charge in [0.1, 0.15) is 0 Å². The zero-order valence-corrected chi connectivity index (χ0v) is 13.8. The Hall–Kier alpha value is -0.230. The summed E-state index contributed by atoms with van der Waals surface area (Å²) in [5.74, 6) is 0. The normalized spacial score (nSPS) is 13.5. The molecule has 0 bridgehead atoms. The zero-order chi connectivity index (χ0) is 14.9. The Bertz CT molecular complexity index is 593. The summed E-state index contributed by atoms with van der Waals surface area (Å²) in [6.45, 7) is 0. The van der Waals surface area contributed by atoms with Crippen LogP contribution in [-0.2, 0) is 12.6 Å². The third kappa shape index (κ3) is 3.91. The first-order valence-corrected chi connectivity index (χ1v) is 8.01. The Labute approximate surface area is 136 Å². The Morgan fingerprint density at radius 2 is 1.75 bits per heavy atom. The SMILES string of the molecule is FC(F)(F)c1ccc(CC(Br)c2cc(Cl)sc2Cl)cc1. The fourth-order valence-electron chi connectivity index (χ4n) is 1.71. The first kappa shape index (κ1) is 16.1. The van der Waals surface area contributed by atoms with Crippen LogP contribution in [0, 0.1) is 0 Å². The van der Waals surface area contributed by atoms with Gasteiger partial charge in [-0.2, -0.15) is 13.2 Å². The number of hydrogen-bond donors (Lipinski definition) is 0. The van der Waals surface area contributed by atoms with Crippen LogP contribution in [-0.4, -0.2) is 0 Å². The molecule has 0 amide bonds. The lowest BCUT2D eigenvalue weighted by molar-refractivity contribution is -0.137. The van der Waals surface area contributed by atoms with E-state index in [1.54, 1.807) is 6.07 Å². The van der Waals surface area contributed by atoms with Crippen molar-refractivity contribution in [1.29, 1.82) is 0 Å². The molecule has 1 atom stereocenters. The molecule has 0 fully saturated rings. The number of benzene rings is 1. The van der Waals surface area contributed by atoms with E-state index in [-0.39, 0.29) is 4.83 Å². The highest BCUT2D eigenvalue weighted by atomic mass is 79.9. The largest absolute Gasteiger partial charge is 0.416 e. The van der Waals surface area contributed by atoms with Crippen molar-refractivity contribution in [2.45, 2.75) is 17.4 Å². The molecule has 0 saturated carbocycles. The van der Waals surface area contributed by atoms with Crippen LogP contribution in [0.2, 0.25) is 8.67 Å². The highest BCUT2D eigenvalue weighted by Crippen LogP contribution is 2.40. The van der Waals surface area contributed by atoms with Crippen molar-refractivity contribution in [3.05, 3.63) is 55.7 Å². The van der Waals surface area contributed by atoms with E-state index in [1.807, 2.05) is 0 Å². The Morgan fingerprint density at radius 1 is 1.15 bits per heavy atom. The van der Waals surface area contributed by atoms with Gasteiger partial charge >= 0.3 is 6.18 Å². The fraction of sp³-hybridized carbons (Fsp3) is 0.231. The van der Waals surface area contributed by atoms with Crippen LogP contribution in [0.4, 0.5) is 13.2 Å². The van der Waals surface area contributed by atoms with Crippen molar-refractivity contribution in [3.63, 3.8) is 0 Å². The molecule has 20 heavy (non-hydrogen) atoms. The molecule has 1 heterocycles. The van der Waals surface area contributed by atoms with Gasteiger partial charge in [-0.1, -0.05) is 51.3 Å². The van der Waals surface area contributed by atoms with E-state index in [4.69, 9.17) is 23.2 Å². The monoisotopic (exact) mass is 402 g/mol. The molecule has 1 unspecified atom stereocenters. The number of alkyl halides is 4. The van der Waals surface area contributed by atoms with Crippen LogP contribution in [0.3, 0.4) is 0 Å². The molecule has 0 N–H and O–H groups in total. The van der Waals surface area contributed by atoms with Crippen molar-refractivity contribution in [2.24, 2.45) is 0 Å². The molecule has 0 aliphatic carbocycles. The molecular weight excluding hydrogens is 396 g/mol. The molecule has 0 radical (unpaired) electrons. The van der Waals surface area contributed by atoms with Crippen LogP contribution >= 0.6 is 50.5 Å². The summed E-state index contributed by atoms with van der Waals surface area (Å²) in [4.78, 5) is -0.0875. The zero-order valence-electron chi connectivity index (χ0n) is 9.85. The van der Waals surface area contributed by atoms with Crippen molar-refractivity contribution in [1.82, 2.24) is 0 Å². The van der Waals surface area contributed by atoms with E-state index in [2.05, 4.69) is 15.9 Å². The Balaban J connectivity index is 2.12. The highest BCUT2D eigenvalue weighted by Gasteiger charge is 2.30. The molecule has 0 aliphatic heterocycles. The molecule has 7 heteroatoms. The number of rotatable bonds is 3. The van der Waals surface area contributed by atoms with Crippen LogP contribution < -0.4 is 0 Å². The lowest BCUT2D eigenvalue weighted by atomic mass is 10.0. The predicted molar refractivity (Wildman–Crippen MR) is 81.2 cm³/mol. The lowest BCUT2D eigenvalue weighted by Crippen LogP contribution is -2.04. The van der Waals surface area contributed by atoms with Gasteiger partial charge in [0, 0.05) is 4.83 Å². The number of thiophene rings is 1. The molecular formula is C13H8BrCl2F3S. The maximum Gasteiger partial charge on any atom is 0.416 e. The van der Waals surface area contributed by atoms with E-state index < -0.39 is 11.7 Å². The third-order valence-corrected chi connectivity index (χ3v) is 5.05. The van der Waals surface area contributed by atoms with Crippen LogP contribution in [0.15, 0.2) is 30.3 Å². The minimum Gasteiger partial charge on any atom is -0.166 e. The van der Waals surface area contributed by atoms with E-state index in [0.717, 1.165) is 23.3 Å². The second-order valence-corrected chi connectivity index (χ2v) is 7.54. The predicted octanol–water partition coefficient (Wildman–Crippen LogP) is 6.75. The van der Waals surface area contributed by atoms with Gasteiger partial charge in [0.05, 0.1) is 14.2 Å². The average Bonchev–Trinajstić information content (AvgIpc) is 2.68. The molecule has 0 nitrogen and oxygen atoms in total. The average molecular weight is 404 g/mol. The van der Waals surface area contributed by atoms with Gasteiger partial charge in [-0.3, -0.25) is 0 Å². The summed E-state index contributed by atoms with van der Waals surface area (Å²) in [5, 5.41) is 0. The van der Waals surface area contributed by atoms with Crippen molar-refractivity contribution < 1.29 is 13.2 Å². The third-order valence-electron chi connectivity index (χ3n) is 2.72. The maximum atomic E-state index is 12.5. The minimum absolute atomic E-state index is 0.0875. The maximum absolute atomic E-state index is 12.5. The molecule has 2 aromatic rings. The van der Waals surface area contributed by atoms with Gasteiger partial charge in [-0.15, -0.1) is 11.3 Å². The van der Waals surface area contributed by atoms with Gasteiger partial charge in [0.2, 0.25) is 0 Å². The molecule has 0 spiro atoms. The molecule has 2 rings (SSSR count). The van der Waals surface area contributed by atoms with E-state index in [1.165, 1.54) is 23.5 Å². The Morgan fingerprint density at radius 3 is 2.20 bits per heavy atom. The summed E-state index contributed by atoms with van der Waals surface area (Å²) in [5.41, 5.74) is 0.990. The highest BCUT2D eigenvalue weighted by molar-refractivity contribution is 9.09. The van der Waals surface area contributed by atoms with Gasteiger partial charge in [-0.25, -0.2) is 0 Å². The molecule has 0 saturated heterocycles. The van der Waals surface area contributed by atoms with Crippen molar-refractivity contribution in [2.75, 3.05) is 0 Å². The standard InChI is InChI=1S/C13H8BrCl2F3S/c14-10(9-6-11(15)20-12(9)16)5-7-1-3-8(4-2-7)13(17,18)19/h1-4,6,10H,5H2. The van der Waals surface area contributed by atoms with Crippen LogP contribution in [0.1, 0.15) is 21.5 Å². The Kier molecular flexibility index (Phi) is 5.05. The number of halogens is 6. The first-order valence-electron chi connectivity index (χ1n) is 5.52. The smallest absolute Gasteiger partial charge is 0.166 e. The summed E-state index contributed by atoms with van der Waals surface area (Å²) in [6.07, 6.45) is -3.78. The second-order valence-electron chi connectivity index (χ2n) is 4.15. The molecule has 1 aromatic carbocycles. The summed E-state index contributed by atoms with van der Waals surface area (Å²) < 4.78 is 38.6. The quantitative estimate of drug-likeness (QED) is 0.497. The molecule has 0 aliphatic rings. The second kappa shape index (κ2) is 6.26. The van der Waals surface area contributed by atoms with Crippen molar-refractivity contribution in [3.8, 4) is 0 Å². The van der Waals surface area contributed by atoms with E-state index in [9.17, 15) is 13.2 Å². The first-order chi connectivity index (χ1) is 9.27. The van der Waals surface area contributed by atoms with Crippen molar-refractivity contribution >= 4 is 50.5 Å². The molecule has 108 valence electrons. The van der Waals surface area contributed by atoms with Gasteiger partial charge in [0.15, 0.2) is 0 Å². The van der Waals surface area contributed by atoms with E-state index >= 15 is 0 Å². The van der Waals surface area contributed by atoms with Gasteiger partial charge in [-0.05, 0) is 35.7 Å². The molecule has 1 aromatic heterocycles. The lowest BCUT2D eigenvalue weighted by Gasteiger charge is -2.11. The topological polar surface area (TPSA) is 0 Å². The van der Waals surface area contributed by atoms with Gasteiger partial charge in [0.25, 0.3) is 0 Å². The fourth-order valence-corrected chi connectivity index (χ4v) is 4.31. The van der Waals surface area contributed by atoms with Crippen LogP contribution in [0.25, 0.3) is 0 Å². The summed E-state index contributed by atoms with van der Waals surface area (Å²) in [7, 11) is 0. The van der Waals surface area contributed by atoms with Crippen LogP contribution in [0.5, 0.6) is 0 Å².